The van der Waals surface area contributed by atoms with Crippen molar-refractivity contribution in [3.05, 3.63) is 35.9 Å². The molecule has 0 saturated carbocycles. The Balaban J connectivity index is 2.19. The number of nitrogens with zero attached hydrogens (tertiary/aromatic N) is 1. The fourth-order valence-electron chi connectivity index (χ4n) is 2.44. The Hall–Kier alpha value is -1.39. The summed E-state index contributed by atoms with van der Waals surface area (Å²) in [7, 11) is 0. The van der Waals surface area contributed by atoms with Crippen LogP contribution in [0.5, 0.6) is 0 Å². The van der Waals surface area contributed by atoms with Crippen molar-refractivity contribution in [3.63, 3.8) is 0 Å². The van der Waals surface area contributed by atoms with Crippen LogP contribution >= 0.6 is 0 Å². The molecular formula is C14H19NO3. The average molecular weight is 249 g/mol. The van der Waals surface area contributed by atoms with Crippen LogP contribution in [-0.2, 0) is 9.53 Å². The van der Waals surface area contributed by atoms with Crippen LogP contribution in [0.2, 0.25) is 0 Å². The van der Waals surface area contributed by atoms with Crippen LogP contribution < -0.4 is 0 Å². The zero-order chi connectivity index (χ0) is 13.0. The van der Waals surface area contributed by atoms with E-state index in [1.165, 1.54) is 0 Å². The van der Waals surface area contributed by atoms with Crippen molar-refractivity contribution < 1.29 is 14.6 Å². The third-order valence-corrected chi connectivity index (χ3v) is 3.38. The lowest BCUT2D eigenvalue weighted by Crippen LogP contribution is -2.50. The molecule has 1 aliphatic heterocycles. The molecule has 1 aromatic carbocycles. The molecule has 0 spiro atoms. The third-order valence-electron chi connectivity index (χ3n) is 3.38. The fraction of sp³-hybridized carbons (Fsp3) is 0.500. The maximum atomic E-state index is 12.0. The molecule has 1 aromatic rings. The maximum Gasteiger partial charge on any atom is 0.249 e. The molecule has 0 radical (unpaired) electrons. The Morgan fingerprint density at radius 1 is 1.44 bits per heavy atom. The van der Waals surface area contributed by atoms with E-state index in [0.717, 1.165) is 5.56 Å². The second-order valence-electron chi connectivity index (χ2n) is 4.57. The molecule has 1 heterocycles. The molecule has 0 aromatic heterocycles. The smallest absolute Gasteiger partial charge is 0.249 e. The predicted molar refractivity (Wildman–Crippen MR) is 68.0 cm³/mol. The van der Waals surface area contributed by atoms with Gasteiger partial charge in [0.05, 0.1) is 18.7 Å². The molecule has 0 aliphatic carbocycles. The van der Waals surface area contributed by atoms with Crippen molar-refractivity contribution in [2.24, 2.45) is 0 Å². The number of amides is 1. The number of rotatable bonds is 4. The van der Waals surface area contributed by atoms with Gasteiger partial charge in [0.25, 0.3) is 0 Å². The Morgan fingerprint density at radius 3 is 2.83 bits per heavy atom. The lowest BCUT2D eigenvalue weighted by molar-refractivity contribution is -0.152. The van der Waals surface area contributed by atoms with E-state index in [2.05, 4.69) is 0 Å². The molecular weight excluding hydrogens is 230 g/mol. The van der Waals surface area contributed by atoms with Gasteiger partial charge < -0.3 is 14.7 Å². The molecule has 1 saturated heterocycles. The lowest BCUT2D eigenvalue weighted by atomic mass is 10.0. The van der Waals surface area contributed by atoms with Crippen molar-refractivity contribution in [1.82, 2.24) is 4.90 Å². The van der Waals surface area contributed by atoms with Gasteiger partial charge in [-0.1, -0.05) is 30.3 Å². The van der Waals surface area contributed by atoms with Crippen LogP contribution in [0.3, 0.4) is 0 Å². The molecule has 2 atom stereocenters. The highest BCUT2D eigenvalue weighted by Crippen LogP contribution is 2.26. The van der Waals surface area contributed by atoms with Gasteiger partial charge in [-0.15, -0.1) is 0 Å². The molecule has 2 rings (SSSR count). The predicted octanol–water partition coefficient (Wildman–Crippen LogP) is 1.36. The molecule has 98 valence electrons. The maximum absolute atomic E-state index is 12.0. The SMILES string of the molecule is CC(c1ccccc1)N1C(=O)COCC1CCO. The first-order valence-corrected chi connectivity index (χ1v) is 6.28. The minimum Gasteiger partial charge on any atom is -0.396 e. The van der Waals surface area contributed by atoms with Crippen molar-refractivity contribution >= 4 is 5.91 Å². The molecule has 1 fully saturated rings. The van der Waals surface area contributed by atoms with E-state index < -0.39 is 0 Å². The van der Waals surface area contributed by atoms with E-state index in [-0.39, 0.29) is 31.2 Å². The van der Waals surface area contributed by atoms with Gasteiger partial charge in [-0.05, 0) is 18.9 Å². The summed E-state index contributed by atoms with van der Waals surface area (Å²) in [4.78, 5) is 13.9. The molecule has 0 bridgehead atoms. The number of carbonyl (C=O) groups excluding carboxylic acids is 1. The molecule has 1 N–H and O–H groups in total. The van der Waals surface area contributed by atoms with E-state index in [9.17, 15) is 4.79 Å². The van der Waals surface area contributed by atoms with Gasteiger partial charge in [0.1, 0.15) is 6.61 Å². The van der Waals surface area contributed by atoms with E-state index in [4.69, 9.17) is 9.84 Å². The van der Waals surface area contributed by atoms with Gasteiger partial charge in [-0.2, -0.15) is 0 Å². The standard InChI is InChI=1S/C14H19NO3/c1-11(12-5-3-2-4-6-12)15-13(7-8-16)9-18-10-14(15)17/h2-6,11,13,16H,7-10H2,1H3. The summed E-state index contributed by atoms with van der Waals surface area (Å²) in [6.07, 6.45) is 0.558. The van der Waals surface area contributed by atoms with Crippen LogP contribution in [-0.4, -0.2) is 41.8 Å². The first-order valence-electron chi connectivity index (χ1n) is 6.28. The van der Waals surface area contributed by atoms with Crippen LogP contribution in [0, 0.1) is 0 Å². The number of hydrogen-bond donors (Lipinski definition) is 1. The van der Waals surface area contributed by atoms with Crippen LogP contribution in [0.1, 0.15) is 24.9 Å². The minimum atomic E-state index is -0.0357. The first kappa shape index (κ1) is 13.1. The van der Waals surface area contributed by atoms with Crippen LogP contribution in [0.4, 0.5) is 0 Å². The Morgan fingerprint density at radius 2 is 2.17 bits per heavy atom. The molecule has 18 heavy (non-hydrogen) atoms. The molecule has 1 aliphatic rings. The Labute approximate surface area is 107 Å². The van der Waals surface area contributed by atoms with E-state index in [0.29, 0.717) is 13.0 Å². The van der Waals surface area contributed by atoms with Crippen molar-refractivity contribution in [2.75, 3.05) is 19.8 Å². The number of morpholine rings is 1. The molecule has 4 heteroatoms. The van der Waals surface area contributed by atoms with Crippen LogP contribution in [0.25, 0.3) is 0 Å². The van der Waals surface area contributed by atoms with Gasteiger partial charge in [-0.25, -0.2) is 0 Å². The van der Waals surface area contributed by atoms with Gasteiger partial charge in [0.2, 0.25) is 5.91 Å². The summed E-state index contributed by atoms with van der Waals surface area (Å²) < 4.78 is 5.26. The first-order chi connectivity index (χ1) is 8.74. The number of hydrogen-bond acceptors (Lipinski definition) is 3. The van der Waals surface area contributed by atoms with Gasteiger partial charge in [0, 0.05) is 6.61 Å². The van der Waals surface area contributed by atoms with Crippen molar-refractivity contribution in [2.45, 2.75) is 25.4 Å². The van der Waals surface area contributed by atoms with Gasteiger partial charge in [-0.3, -0.25) is 4.79 Å². The topological polar surface area (TPSA) is 49.8 Å². The summed E-state index contributed by atoms with van der Waals surface area (Å²) in [6, 6.07) is 9.91. The van der Waals surface area contributed by atoms with Crippen LogP contribution in [0.15, 0.2) is 30.3 Å². The molecule has 2 unspecified atom stereocenters. The Kier molecular flexibility index (Phi) is 4.33. The highest BCUT2D eigenvalue weighted by Gasteiger charge is 2.32. The second-order valence-corrected chi connectivity index (χ2v) is 4.57. The largest absolute Gasteiger partial charge is 0.396 e. The second kappa shape index (κ2) is 5.98. The van der Waals surface area contributed by atoms with E-state index >= 15 is 0 Å². The zero-order valence-corrected chi connectivity index (χ0v) is 10.6. The van der Waals surface area contributed by atoms with E-state index in [1.807, 2.05) is 42.2 Å². The number of ether oxygens (including phenoxy) is 1. The fourth-order valence-corrected chi connectivity index (χ4v) is 2.44. The zero-order valence-electron chi connectivity index (χ0n) is 10.6. The summed E-state index contributed by atoms with van der Waals surface area (Å²) in [6.45, 7) is 2.73. The highest BCUT2D eigenvalue weighted by molar-refractivity contribution is 5.79. The molecule has 1 amide bonds. The number of aliphatic hydroxyl groups excluding tert-OH is 1. The van der Waals surface area contributed by atoms with Gasteiger partial charge >= 0.3 is 0 Å². The van der Waals surface area contributed by atoms with Crippen molar-refractivity contribution in [1.29, 1.82) is 0 Å². The highest BCUT2D eigenvalue weighted by atomic mass is 16.5. The monoisotopic (exact) mass is 249 g/mol. The van der Waals surface area contributed by atoms with E-state index in [1.54, 1.807) is 0 Å². The minimum absolute atomic E-state index is 0.00365. The number of carbonyl (C=O) groups is 1. The van der Waals surface area contributed by atoms with Crippen molar-refractivity contribution in [3.8, 4) is 0 Å². The summed E-state index contributed by atoms with van der Waals surface area (Å²) in [5.41, 5.74) is 1.11. The quantitative estimate of drug-likeness (QED) is 0.876. The number of aliphatic hydroxyl groups is 1. The summed E-state index contributed by atoms with van der Waals surface area (Å²) in [5, 5.41) is 9.08. The normalized spacial score (nSPS) is 22.0. The van der Waals surface area contributed by atoms with Gasteiger partial charge in [0.15, 0.2) is 0 Å². The third kappa shape index (κ3) is 2.71. The Bertz CT molecular complexity index is 391. The summed E-state index contributed by atoms with van der Waals surface area (Å²) in [5.74, 6) is -0.00365. The number of benzene rings is 1. The average Bonchev–Trinajstić information content (AvgIpc) is 2.40. The lowest BCUT2D eigenvalue weighted by Gasteiger charge is -2.39. The molecule has 4 nitrogen and oxygen atoms in total. The summed E-state index contributed by atoms with van der Waals surface area (Å²) >= 11 is 0.